The Bertz CT molecular complexity index is 337. The lowest BCUT2D eigenvalue weighted by Gasteiger charge is -2.26. The van der Waals surface area contributed by atoms with Gasteiger partial charge in [0.25, 0.3) is 0 Å². The highest BCUT2D eigenvalue weighted by Crippen LogP contribution is 2.23. The fraction of sp³-hybridized carbons (Fsp3) is 0.538. The average Bonchev–Trinajstić information content (AvgIpc) is 2.27. The van der Waals surface area contributed by atoms with Crippen molar-refractivity contribution in [1.82, 2.24) is 5.32 Å². The molecular weight excluding hydrogens is 224 g/mol. The molecule has 0 aliphatic carbocycles. The van der Waals surface area contributed by atoms with Gasteiger partial charge in [-0.3, -0.25) is 0 Å². The predicted molar refractivity (Wildman–Crippen MR) is 63.9 cm³/mol. The number of likely N-dealkylation sites (N-methyl/N-ethyl adjacent to an activating group) is 1. The second-order valence-electron chi connectivity index (χ2n) is 4.03. The quantitative estimate of drug-likeness (QED) is 0.829. The van der Waals surface area contributed by atoms with Gasteiger partial charge in [-0.05, 0) is 31.2 Å². The fourth-order valence-corrected chi connectivity index (χ4v) is 2.03. The lowest BCUT2D eigenvalue weighted by Crippen LogP contribution is -2.31. The molecule has 0 radical (unpaired) electrons. The van der Waals surface area contributed by atoms with Gasteiger partial charge in [-0.2, -0.15) is 0 Å². The van der Waals surface area contributed by atoms with Gasteiger partial charge in [-0.25, -0.2) is 8.78 Å². The smallest absolute Gasteiger partial charge is 0.126 e. The van der Waals surface area contributed by atoms with Gasteiger partial charge in [-0.15, -0.1) is 0 Å². The minimum Gasteiger partial charge on any atom is -0.379 e. The number of rotatable bonds is 6. The van der Waals surface area contributed by atoms with E-state index in [-0.39, 0.29) is 12.1 Å². The number of hydrogen-bond acceptors (Lipinski definition) is 2. The van der Waals surface area contributed by atoms with E-state index in [4.69, 9.17) is 4.74 Å². The second kappa shape index (κ2) is 6.67. The molecule has 1 aromatic rings. The van der Waals surface area contributed by atoms with Crippen molar-refractivity contribution in [2.45, 2.75) is 31.9 Å². The predicted octanol–water partition coefficient (Wildman–Crippen LogP) is 3.04. The molecule has 0 bridgehead atoms. The van der Waals surface area contributed by atoms with Gasteiger partial charge in [0.2, 0.25) is 0 Å². The van der Waals surface area contributed by atoms with Crippen LogP contribution in [0.15, 0.2) is 18.2 Å². The monoisotopic (exact) mass is 243 g/mol. The van der Waals surface area contributed by atoms with E-state index in [0.29, 0.717) is 5.56 Å². The van der Waals surface area contributed by atoms with Gasteiger partial charge in [0, 0.05) is 13.2 Å². The Balaban J connectivity index is 2.98. The summed E-state index contributed by atoms with van der Waals surface area (Å²) >= 11 is 0. The third kappa shape index (κ3) is 3.75. The van der Waals surface area contributed by atoms with Crippen LogP contribution in [0.25, 0.3) is 0 Å². The molecule has 1 aromatic carbocycles. The van der Waals surface area contributed by atoms with Crippen LogP contribution >= 0.6 is 0 Å². The zero-order chi connectivity index (χ0) is 12.8. The Hall–Kier alpha value is -1.00. The van der Waals surface area contributed by atoms with Gasteiger partial charge in [0.1, 0.15) is 11.6 Å². The van der Waals surface area contributed by atoms with Crippen molar-refractivity contribution in [2.75, 3.05) is 14.2 Å². The van der Waals surface area contributed by atoms with E-state index in [0.717, 1.165) is 18.9 Å². The summed E-state index contributed by atoms with van der Waals surface area (Å²) in [6.07, 6.45) is 1.69. The molecule has 2 atom stereocenters. The average molecular weight is 243 g/mol. The topological polar surface area (TPSA) is 21.3 Å². The first-order chi connectivity index (χ1) is 8.12. The molecule has 0 saturated heterocycles. The normalized spacial score (nSPS) is 14.6. The molecular formula is C13H19F2NO. The van der Waals surface area contributed by atoms with Crippen LogP contribution in [-0.4, -0.2) is 20.3 Å². The minimum atomic E-state index is -0.563. The number of halogens is 2. The van der Waals surface area contributed by atoms with Crippen molar-refractivity contribution in [3.63, 3.8) is 0 Å². The molecule has 0 heterocycles. The molecule has 17 heavy (non-hydrogen) atoms. The first kappa shape index (κ1) is 14.1. The van der Waals surface area contributed by atoms with Gasteiger partial charge in [-0.1, -0.05) is 13.3 Å². The standard InChI is InChI=1S/C13H19F2NO/c1-4-5-12(17-3)13(16-2)9-6-10(14)8-11(15)7-9/h6-8,12-13,16H,4-5H2,1-3H3. The zero-order valence-electron chi connectivity index (χ0n) is 10.5. The molecule has 2 unspecified atom stereocenters. The zero-order valence-corrected chi connectivity index (χ0v) is 10.5. The van der Waals surface area contributed by atoms with E-state index >= 15 is 0 Å². The molecule has 1 N–H and O–H groups in total. The molecule has 0 saturated carbocycles. The lowest BCUT2D eigenvalue weighted by molar-refractivity contribution is 0.0628. The number of hydrogen-bond donors (Lipinski definition) is 1. The van der Waals surface area contributed by atoms with Gasteiger partial charge in [0.05, 0.1) is 12.1 Å². The van der Waals surface area contributed by atoms with Crippen molar-refractivity contribution in [3.05, 3.63) is 35.4 Å². The number of nitrogens with one attached hydrogen (secondary N) is 1. The molecule has 4 heteroatoms. The molecule has 0 aromatic heterocycles. The van der Waals surface area contributed by atoms with Crippen LogP contribution in [-0.2, 0) is 4.74 Å². The van der Waals surface area contributed by atoms with Crippen LogP contribution in [0.5, 0.6) is 0 Å². The van der Waals surface area contributed by atoms with Crippen LogP contribution < -0.4 is 5.32 Å². The molecule has 0 spiro atoms. The van der Waals surface area contributed by atoms with Crippen LogP contribution in [0.4, 0.5) is 8.78 Å². The summed E-state index contributed by atoms with van der Waals surface area (Å²) in [7, 11) is 3.37. The first-order valence-corrected chi connectivity index (χ1v) is 5.78. The summed E-state index contributed by atoms with van der Waals surface area (Å²) in [6.45, 7) is 2.05. The third-order valence-corrected chi connectivity index (χ3v) is 2.80. The SMILES string of the molecule is CCCC(OC)C(NC)c1cc(F)cc(F)c1. The maximum Gasteiger partial charge on any atom is 0.126 e. The molecule has 1 rings (SSSR count). The van der Waals surface area contributed by atoms with Crippen LogP contribution in [0.1, 0.15) is 31.4 Å². The van der Waals surface area contributed by atoms with Gasteiger partial charge < -0.3 is 10.1 Å². The van der Waals surface area contributed by atoms with Gasteiger partial charge >= 0.3 is 0 Å². The Morgan fingerprint density at radius 2 is 1.82 bits per heavy atom. The minimum absolute atomic E-state index is 0.0915. The molecule has 2 nitrogen and oxygen atoms in total. The Kier molecular flexibility index (Phi) is 5.51. The van der Waals surface area contributed by atoms with E-state index in [1.807, 2.05) is 6.92 Å². The Labute approximate surface area is 101 Å². The number of methoxy groups -OCH3 is 1. The summed E-state index contributed by atoms with van der Waals surface area (Å²) in [4.78, 5) is 0. The number of benzene rings is 1. The molecule has 0 aliphatic rings. The van der Waals surface area contributed by atoms with E-state index in [9.17, 15) is 8.78 Å². The van der Waals surface area contributed by atoms with Crippen LogP contribution in [0.3, 0.4) is 0 Å². The summed E-state index contributed by atoms with van der Waals surface area (Å²) < 4.78 is 31.7. The van der Waals surface area contributed by atoms with Crippen molar-refractivity contribution in [2.24, 2.45) is 0 Å². The lowest BCUT2D eigenvalue weighted by atomic mass is 9.98. The summed E-state index contributed by atoms with van der Waals surface area (Å²) in [6, 6.07) is 3.35. The van der Waals surface area contributed by atoms with Crippen molar-refractivity contribution in [1.29, 1.82) is 0 Å². The third-order valence-electron chi connectivity index (χ3n) is 2.80. The van der Waals surface area contributed by atoms with E-state index < -0.39 is 11.6 Å². The largest absolute Gasteiger partial charge is 0.379 e. The number of ether oxygens (including phenoxy) is 1. The Morgan fingerprint density at radius 3 is 2.24 bits per heavy atom. The van der Waals surface area contributed by atoms with Crippen LogP contribution in [0, 0.1) is 11.6 Å². The summed E-state index contributed by atoms with van der Waals surface area (Å²) in [5.41, 5.74) is 0.574. The van der Waals surface area contributed by atoms with Gasteiger partial charge in [0.15, 0.2) is 0 Å². The van der Waals surface area contributed by atoms with E-state index in [2.05, 4.69) is 5.32 Å². The summed E-state index contributed by atoms with van der Waals surface area (Å²) in [5.74, 6) is -1.13. The second-order valence-corrected chi connectivity index (χ2v) is 4.03. The van der Waals surface area contributed by atoms with E-state index in [1.54, 1.807) is 14.2 Å². The highest BCUT2D eigenvalue weighted by atomic mass is 19.1. The fourth-order valence-electron chi connectivity index (χ4n) is 2.03. The molecule has 0 fully saturated rings. The highest BCUT2D eigenvalue weighted by molar-refractivity contribution is 5.22. The highest BCUT2D eigenvalue weighted by Gasteiger charge is 2.21. The maximum absolute atomic E-state index is 13.2. The first-order valence-electron chi connectivity index (χ1n) is 5.78. The Morgan fingerprint density at radius 1 is 1.24 bits per heavy atom. The van der Waals surface area contributed by atoms with Crippen molar-refractivity contribution < 1.29 is 13.5 Å². The molecule has 0 amide bonds. The summed E-state index contributed by atoms with van der Waals surface area (Å²) in [5, 5.41) is 3.05. The molecule has 0 aliphatic heterocycles. The molecule has 96 valence electrons. The van der Waals surface area contributed by atoms with Crippen LogP contribution in [0.2, 0.25) is 0 Å². The van der Waals surface area contributed by atoms with E-state index in [1.165, 1.54) is 12.1 Å². The van der Waals surface area contributed by atoms with Crippen molar-refractivity contribution in [3.8, 4) is 0 Å². The van der Waals surface area contributed by atoms with Crippen molar-refractivity contribution >= 4 is 0 Å². The maximum atomic E-state index is 13.2.